The first-order valence-corrected chi connectivity index (χ1v) is 5.04. The van der Waals surface area contributed by atoms with Gasteiger partial charge in [0.05, 0.1) is 6.67 Å². The summed E-state index contributed by atoms with van der Waals surface area (Å²) in [6, 6.07) is 0. The van der Waals surface area contributed by atoms with Crippen LogP contribution in [0.4, 0.5) is 0 Å². The number of carbonyl (C=O) groups is 2. The van der Waals surface area contributed by atoms with Crippen LogP contribution in [0.2, 0.25) is 0 Å². The molecule has 80 valence electrons. The predicted molar refractivity (Wildman–Crippen MR) is 53.5 cm³/mol. The molecular weight excluding hydrogens is 180 g/mol. The van der Waals surface area contributed by atoms with E-state index in [1.165, 1.54) is 4.90 Å². The minimum absolute atomic E-state index is 0.0247. The molecule has 4 heteroatoms. The molecule has 0 aromatic rings. The van der Waals surface area contributed by atoms with Crippen molar-refractivity contribution < 1.29 is 9.59 Å². The Hall–Kier alpha value is -0.900. The van der Waals surface area contributed by atoms with Crippen molar-refractivity contribution in [2.75, 3.05) is 6.67 Å². The lowest BCUT2D eigenvalue weighted by atomic mass is 10.0. The maximum Gasteiger partial charge on any atom is 0.230 e. The highest BCUT2D eigenvalue weighted by molar-refractivity contribution is 6.01. The number of hydrogen-bond donors (Lipinski definition) is 1. The van der Waals surface area contributed by atoms with Crippen molar-refractivity contribution >= 4 is 11.8 Å². The summed E-state index contributed by atoms with van der Waals surface area (Å²) in [6.45, 7) is 6.52. The molecule has 4 nitrogen and oxygen atoms in total. The van der Waals surface area contributed by atoms with Crippen LogP contribution < -0.4 is 5.32 Å². The second kappa shape index (κ2) is 4.09. The van der Waals surface area contributed by atoms with Crippen LogP contribution in [0.5, 0.6) is 0 Å². The highest BCUT2D eigenvalue weighted by Gasteiger charge is 2.29. The summed E-state index contributed by atoms with van der Waals surface area (Å²) in [6.07, 6.45) is 1.70. The van der Waals surface area contributed by atoms with Gasteiger partial charge in [-0.25, -0.2) is 0 Å². The Morgan fingerprint density at radius 2 is 1.79 bits per heavy atom. The van der Waals surface area contributed by atoms with Crippen molar-refractivity contribution in [3.8, 4) is 0 Å². The van der Waals surface area contributed by atoms with Gasteiger partial charge >= 0.3 is 0 Å². The van der Waals surface area contributed by atoms with Crippen molar-refractivity contribution in [1.29, 1.82) is 0 Å². The van der Waals surface area contributed by atoms with Crippen LogP contribution in [0.25, 0.3) is 0 Å². The molecule has 0 saturated carbocycles. The maximum atomic E-state index is 11.3. The molecular formula is C10H18N2O2. The first-order chi connectivity index (χ1) is 6.46. The molecule has 14 heavy (non-hydrogen) atoms. The molecule has 1 rings (SSSR count). The number of nitrogens with one attached hydrogen (secondary N) is 1. The zero-order chi connectivity index (χ0) is 10.8. The molecule has 0 aromatic heterocycles. The Bertz CT molecular complexity index is 233. The number of hydrogen-bond acceptors (Lipinski definition) is 3. The van der Waals surface area contributed by atoms with Gasteiger partial charge in [-0.15, -0.1) is 0 Å². The first-order valence-electron chi connectivity index (χ1n) is 5.04. The Morgan fingerprint density at radius 3 is 2.21 bits per heavy atom. The molecule has 0 aromatic carbocycles. The molecule has 0 radical (unpaired) electrons. The quantitative estimate of drug-likeness (QED) is 0.682. The normalized spacial score (nSPS) is 18.1. The molecule has 0 bridgehead atoms. The van der Waals surface area contributed by atoms with Gasteiger partial charge in [-0.2, -0.15) is 0 Å². The van der Waals surface area contributed by atoms with Crippen LogP contribution >= 0.6 is 0 Å². The van der Waals surface area contributed by atoms with E-state index in [9.17, 15) is 9.59 Å². The van der Waals surface area contributed by atoms with E-state index in [1.54, 1.807) is 0 Å². The molecule has 0 aliphatic carbocycles. The van der Waals surface area contributed by atoms with Gasteiger partial charge in [-0.3, -0.25) is 19.8 Å². The van der Waals surface area contributed by atoms with E-state index in [2.05, 4.69) is 26.1 Å². The van der Waals surface area contributed by atoms with Crippen LogP contribution in [-0.2, 0) is 9.59 Å². The Kier molecular flexibility index (Phi) is 3.26. The third-order valence-electron chi connectivity index (χ3n) is 2.75. The third kappa shape index (κ3) is 2.54. The topological polar surface area (TPSA) is 49.4 Å². The number of imide groups is 1. The summed E-state index contributed by atoms with van der Waals surface area (Å²) in [5.41, 5.74) is -0.0247. The molecule has 1 N–H and O–H groups in total. The molecule has 1 aliphatic rings. The van der Waals surface area contributed by atoms with E-state index in [0.29, 0.717) is 19.5 Å². The van der Waals surface area contributed by atoms with E-state index in [4.69, 9.17) is 0 Å². The summed E-state index contributed by atoms with van der Waals surface area (Å²) < 4.78 is 0. The second-order valence-electron chi connectivity index (χ2n) is 4.29. The lowest BCUT2D eigenvalue weighted by Gasteiger charge is -2.27. The van der Waals surface area contributed by atoms with Crippen LogP contribution in [0, 0.1) is 0 Å². The lowest BCUT2D eigenvalue weighted by Crippen LogP contribution is -2.47. The van der Waals surface area contributed by atoms with Gasteiger partial charge in [0, 0.05) is 18.4 Å². The number of rotatable bonds is 4. The smallest absolute Gasteiger partial charge is 0.230 e. The lowest BCUT2D eigenvalue weighted by molar-refractivity contribution is -0.139. The summed E-state index contributed by atoms with van der Waals surface area (Å²) in [7, 11) is 0. The van der Waals surface area contributed by atoms with Crippen LogP contribution in [0.1, 0.15) is 40.0 Å². The van der Waals surface area contributed by atoms with Crippen molar-refractivity contribution in [2.45, 2.75) is 45.6 Å². The number of carbonyl (C=O) groups excluding carboxylic acids is 2. The van der Waals surface area contributed by atoms with Crippen molar-refractivity contribution in [2.24, 2.45) is 0 Å². The molecule has 2 amide bonds. The summed E-state index contributed by atoms with van der Waals surface area (Å²) in [5, 5.41) is 3.20. The molecule has 1 heterocycles. The monoisotopic (exact) mass is 198 g/mol. The van der Waals surface area contributed by atoms with Crippen LogP contribution in [-0.4, -0.2) is 28.9 Å². The standard InChI is InChI=1S/C10H18N2O2/c1-4-10(2,3)11-7-12-8(13)5-6-9(12)14/h11H,4-7H2,1-3H3. The van der Waals surface area contributed by atoms with Gasteiger partial charge in [0.15, 0.2) is 0 Å². The van der Waals surface area contributed by atoms with E-state index >= 15 is 0 Å². The van der Waals surface area contributed by atoms with Gasteiger partial charge in [0.25, 0.3) is 0 Å². The van der Waals surface area contributed by atoms with E-state index in [0.717, 1.165) is 6.42 Å². The zero-order valence-electron chi connectivity index (χ0n) is 9.09. The summed E-state index contributed by atoms with van der Waals surface area (Å²) in [5.74, 6) is -0.121. The Labute approximate surface area is 84.7 Å². The summed E-state index contributed by atoms with van der Waals surface area (Å²) >= 11 is 0. The van der Waals surface area contributed by atoms with Crippen LogP contribution in [0.3, 0.4) is 0 Å². The van der Waals surface area contributed by atoms with Crippen molar-refractivity contribution in [1.82, 2.24) is 10.2 Å². The minimum atomic E-state index is -0.0607. The zero-order valence-corrected chi connectivity index (χ0v) is 9.09. The van der Waals surface area contributed by atoms with Gasteiger partial charge in [-0.1, -0.05) is 6.92 Å². The van der Waals surface area contributed by atoms with Crippen molar-refractivity contribution in [3.63, 3.8) is 0 Å². The van der Waals surface area contributed by atoms with Gasteiger partial charge < -0.3 is 0 Å². The van der Waals surface area contributed by atoms with Gasteiger partial charge in [0.1, 0.15) is 0 Å². The average Bonchev–Trinajstić information content (AvgIpc) is 2.44. The van der Waals surface area contributed by atoms with E-state index < -0.39 is 0 Å². The molecule has 1 fully saturated rings. The highest BCUT2D eigenvalue weighted by atomic mass is 16.2. The fourth-order valence-electron chi connectivity index (χ4n) is 1.22. The molecule has 1 saturated heterocycles. The molecule has 1 aliphatic heterocycles. The average molecular weight is 198 g/mol. The van der Waals surface area contributed by atoms with Crippen molar-refractivity contribution in [3.05, 3.63) is 0 Å². The highest BCUT2D eigenvalue weighted by Crippen LogP contribution is 2.12. The predicted octanol–water partition coefficient (Wildman–Crippen LogP) is 0.871. The Morgan fingerprint density at radius 1 is 1.29 bits per heavy atom. The SMILES string of the molecule is CCC(C)(C)NCN1C(=O)CCC1=O. The first kappa shape index (κ1) is 11.2. The third-order valence-corrected chi connectivity index (χ3v) is 2.75. The second-order valence-corrected chi connectivity index (χ2v) is 4.29. The molecule has 0 spiro atoms. The minimum Gasteiger partial charge on any atom is -0.294 e. The molecule has 0 atom stereocenters. The largest absolute Gasteiger partial charge is 0.294 e. The van der Waals surface area contributed by atoms with Gasteiger partial charge in [0.2, 0.25) is 11.8 Å². The van der Waals surface area contributed by atoms with Crippen LogP contribution in [0.15, 0.2) is 0 Å². The number of amides is 2. The van der Waals surface area contributed by atoms with E-state index in [1.807, 2.05) is 0 Å². The Balaban J connectivity index is 2.45. The maximum absolute atomic E-state index is 11.3. The van der Waals surface area contributed by atoms with Gasteiger partial charge in [-0.05, 0) is 20.3 Å². The fourth-order valence-corrected chi connectivity index (χ4v) is 1.22. The number of likely N-dealkylation sites (tertiary alicyclic amines) is 1. The molecule has 0 unspecified atom stereocenters. The van der Waals surface area contributed by atoms with E-state index in [-0.39, 0.29) is 17.4 Å². The number of nitrogens with zero attached hydrogens (tertiary/aromatic N) is 1. The fraction of sp³-hybridized carbons (Fsp3) is 0.800. The summed E-state index contributed by atoms with van der Waals surface area (Å²) in [4.78, 5) is 23.8.